The van der Waals surface area contributed by atoms with Crippen molar-refractivity contribution in [2.24, 2.45) is 0 Å². The molecule has 0 radical (unpaired) electrons. The highest BCUT2D eigenvalue weighted by atomic mass is 32.1. The Morgan fingerprint density at radius 1 is 1.00 bits per heavy atom. The molecule has 0 aliphatic heterocycles. The predicted octanol–water partition coefficient (Wildman–Crippen LogP) is 5.33. The molecule has 0 fully saturated rings. The first kappa shape index (κ1) is 14.3. The van der Waals surface area contributed by atoms with Gasteiger partial charge in [0, 0.05) is 10.6 Å². The SMILES string of the molecule is Cc1ccc2c(c1)CCc1sccc1/C2=C/c1cccc(N)c1. The third kappa shape index (κ3) is 2.71. The number of rotatable bonds is 1. The number of hydrogen-bond acceptors (Lipinski definition) is 2. The molecule has 3 aromatic rings. The second kappa shape index (κ2) is 5.71. The summed E-state index contributed by atoms with van der Waals surface area (Å²) in [5.41, 5.74) is 14.8. The van der Waals surface area contributed by atoms with Crippen LogP contribution in [0.5, 0.6) is 0 Å². The van der Waals surface area contributed by atoms with Gasteiger partial charge in [0.15, 0.2) is 0 Å². The number of fused-ring (bicyclic) bond motifs is 2. The first-order chi connectivity index (χ1) is 11.2. The molecule has 1 nitrogen and oxygen atoms in total. The lowest BCUT2D eigenvalue weighted by atomic mass is 9.93. The minimum absolute atomic E-state index is 0.808. The Morgan fingerprint density at radius 3 is 2.78 bits per heavy atom. The molecule has 1 aliphatic rings. The second-order valence-electron chi connectivity index (χ2n) is 6.15. The summed E-state index contributed by atoms with van der Waals surface area (Å²) >= 11 is 1.87. The van der Waals surface area contributed by atoms with Gasteiger partial charge < -0.3 is 5.73 Å². The molecule has 2 N–H and O–H groups in total. The molecule has 114 valence electrons. The molecular formula is C21H19NS. The molecule has 2 aromatic carbocycles. The normalized spacial score (nSPS) is 15.1. The van der Waals surface area contributed by atoms with Gasteiger partial charge in [-0.1, -0.05) is 35.9 Å². The van der Waals surface area contributed by atoms with Crippen LogP contribution >= 0.6 is 11.3 Å². The summed E-state index contributed by atoms with van der Waals surface area (Å²) < 4.78 is 0. The molecule has 2 heteroatoms. The summed E-state index contributed by atoms with van der Waals surface area (Å²) in [5, 5.41) is 2.21. The van der Waals surface area contributed by atoms with E-state index in [4.69, 9.17) is 5.73 Å². The maximum absolute atomic E-state index is 5.96. The molecule has 23 heavy (non-hydrogen) atoms. The van der Waals surface area contributed by atoms with Gasteiger partial charge >= 0.3 is 0 Å². The molecule has 0 amide bonds. The van der Waals surface area contributed by atoms with Crippen molar-refractivity contribution in [1.82, 2.24) is 0 Å². The van der Waals surface area contributed by atoms with Gasteiger partial charge in [0.2, 0.25) is 0 Å². The van der Waals surface area contributed by atoms with E-state index >= 15 is 0 Å². The quantitative estimate of drug-likeness (QED) is 0.603. The Labute approximate surface area is 141 Å². The number of benzene rings is 2. The molecule has 1 aliphatic carbocycles. The zero-order valence-electron chi connectivity index (χ0n) is 13.2. The van der Waals surface area contributed by atoms with Crippen LogP contribution in [0.15, 0.2) is 53.9 Å². The van der Waals surface area contributed by atoms with Crippen LogP contribution in [-0.4, -0.2) is 0 Å². The second-order valence-corrected chi connectivity index (χ2v) is 7.15. The zero-order valence-corrected chi connectivity index (χ0v) is 14.0. The van der Waals surface area contributed by atoms with Gasteiger partial charge in [0.25, 0.3) is 0 Å². The molecule has 0 saturated carbocycles. The first-order valence-electron chi connectivity index (χ1n) is 7.94. The monoisotopic (exact) mass is 317 g/mol. The van der Waals surface area contributed by atoms with E-state index in [0.717, 1.165) is 24.1 Å². The van der Waals surface area contributed by atoms with Crippen LogP contribution in [0.4, 0.5) is 5.69 Å². The highest BCUT2D eigenvalue weighted by Gasteiger charge is 2.19. The average molecular weight is 317 g/mol. The largest absolute Gasteiger partial charge is 0.399 e. The lowest BCUT2D eigenvalue weighted by molar-refractivity contribution is 0.983. The summed E-state index contributed by atoms with van der Waals surface area (Å²) in [6.07, 6.45) is 4.51. The summed E-state index contributed by atoms with van der Waals surface area (Å²) in [5.74, 6) is 0. The number of anilines is 1. The molecule has 1 heterocycles. The minimum atomic E-state index is 0.808. The van der Waals surface area contributed by atoms with Crippen molar-refractivity contribution < 1.29 is 0 Å². The molecule has 0 saturated heterocycles. The van der Waals surface area contributed by atoms with Crippen LogP contribution < -0.4 is 5.73 Å². The van der Waals surface area contributed by atoms with Gasteiger partial charge in [0.1, 0.15) is 0 Å². The Kier molecular flexibility index (Phi) is 3.55. The summed E-state index contributed by atoms with van der Waals surface area (Å²) in [4.78, 5) is 1.48. The van der Waals surface area contributed by atoms with Crippen molar-refractivity contribution in [3.63, 3.8) is 0 Å². The van der Waals surface area contributed by atoms with E-state index in [1.807, 2.05) is 29.5 Å². The standard InChI is InChI=1S/C21H19NS/c1-14-5-7-18-16(11-14)6-8-21-19(9-10-23-21)20(18)13-15-3-2-4-17(22)12-15/h2-5,7,9-13H,6,8,22H2,1H3/b20-13+. The Morgan fingerprint density at radius 2 is 1.91 bits per heavy atom. The van der Waals surface area contributed by atoms with E-state index in [1.54, 1.807) is 0 Å². The lowest BCUT2D eigenvalue weighted by Gasteiger charge is -2.11. The number of nitrogen functional groups attached to an aromatic ring is 1. The molecule has 0 unspecified atom stereocenters. The Bertz CT molecular complexity index is 902. The molecule has 0 bridgehead atoms. The van der Waals surface area contributed by atoms with Crippen molar-refractivity contribution in [1.29, 1.82) is 0 Å². The molecule has 0 spiro atoms. The first-order valence-corrected chi connectivity index (χ1v) is 8.82. The van der Waals surface area contributed by atoms with Crippen molar-refractivity contribution in [2.75, 3.05) is 5.73 Å². The predicted molar refractivity (Wildman–Crippen MR) is 101 cm³/mol. The van der Waals surface area contributed by atoms with Crippen LogP contribution in [0.1, 0.15) is 32.7 Å². The number of nitrogens with two attached hydrogens (primary N) is 1. The minimum Gasteiger partial charge on any atom is -0.399 e. The average Bonchev–Trinajstić information content (AvgIpc) is 2.94. The lowest BCUT2D eigenvalue weighted by Crippen LogP contribution is -1.93. The van der Waals surface area contributed by atoms with Gasteiger partial charge in [-0.3, -0.25) is 0 Å². The zero-order chi connectivity index (χ0) is 15.8. The van der Waals surface area contributed by atoms with E-state index in [0.29, 0.717) is 0 Å². The number of hydrogen-bond donors (Lipinski definition) is 1. The number of aryl methyl sites for hydroxylation is 3. The fourth-order valence-corrected chi connectivity index (χ4v) is 4.22. The highest BCUT2D eigenvalue weighted by molar-refractivity contribution is 7.10. The van der Waals surface area contributed by atoms with Crippen molar-refractivity contribution in [3.05, 3.63) is 86.6 Å². The maximum atomic E-state index is 5.96. The van der Waals surface area contributed by atoms with Crippen LogP contribution in [0, 0.1) is 6.92 Å². The van der Waals surface area contributed by atoms with Crippen molar-refractivity contribution >= 4 is 28.7 Å². The molecular weight excluding hydrogens is 298 g/mol. The van der Waals surface area contributed by atoms with Crippen LogP contribution in [0.2, 0.25) is 0 Å². The van der Waals surface area contributed by atoms with Gasteiger partial charge in [0.05, 0.1) is 0 Å². The Balaban J connectivity index is 1.95. The van der Waals surface area contributed by atoms with Gasteiger partial charge in [-0.15, -0.1) is 11.3 Å². The van der Waals surface area contributed by atoms with E-state index in [-0.39, 0.29) is 0 Å². The molecule has 4 rings (SSSR count). The third-order valence-corrected chi connectivity index (χ3v) is 5.41. The van der Waals surface area contributed by atoms with Crippen LogP contribution in [0.25, 0.3) is 11.6 Å². The van der Waals surface area contributed by atoms with Gasteiger partial charge in [-0.05, 0) is 77.2 Å². The van der Waals surface area contributed by atoms with E-state index in [2.05, 4.69) is 48.7 Å². The maximum Gasteiger partial charge on any atom is 0.0319 e. The van der Waals surface area contributed by atoms with Crippen molar-refractivity contribution in [3.8, 4) is 0 Å². The smallest absolute Gasteiger partial charge is 0.0319 e. The fourth-order valence-electron chi connectivity index (χ4n) is 3.33. The highest BCUT2D eigenvalue weighted by Crippen LogP contribution is 2.37. The van der Waals surface area contributed by atoms with Gasteiger partial charge in [-0.2, -0.15) is 0 Å². The van der Waals surface area contributed by atoms with E-state index in [1.165, 1.54) is 32.7 Å². The molecule has 0 atom stereocenters. The number of thiophene rings is 1. The third-order valence-electron chi connectivity index (χ3n) is 4.43. The van der Waals surface area contributed by atoms with Crippen LogP contribution in [-0.2, 0) is 12.8 Å². The molecule has 1 aromatic heterocycles. The van der Waals surface area contributed by atoms with Crippen LogP contribution in [0.3, 0.4) is 0 Å². The van der Waals surface area contributed by atoms with Gasteiger partial charge in [-0.25, -0.2) is 0 Å². The summed E-state index contributed by atoms with van der Waals surface area (Å²) in [6.45, 7) is 2.17. The fraction of sp³-hybridized carbons (Fsp3) is 0.143. The van der Waals surface area contributed by atoms with Crippen molar-refractivity contribution in [2.45, 2.75) is 19.8 Å². The van der Waals surface area contributed by atoms with E-state index in [9.17, 15) is 0 Å². The Hall–Kier alpha value is -2.32. The summed E-state index contributed by atoms with van der Waals surface area (Å²) in [6, 6.07) is 17.2. The summed E-state index contributed by atoms with van der Waals surface area (Å²) in [7, 11) is 0. The van der Waals surface area contributed by atoms with E-state index < -0.39 is 0 Å². The topological polar surface area (TPSA) is 26.0 Å².